The molecule has 0 unspecified atom stereocenters. The van der Waals surface area contributed by atoms with Crippen LogP contribution >= 0.6 is 22.6 Å². The number of carbonyl (C=O) groups is 1. The van der Waals surface area contributed by atoms with Gasteiger partial charge in [0.05, 0.1) is 18.2 Å². The Bertz CT molecular complexity index is 1160. The quantitative estimate of drug-likeness (QED) is 0.355. The van der Waals surface area contributed by atoms with Crippen LogP contribution in [0, 0.1) is 3.57 Å². The summed E-state index contributed by atoms with van der Waals surface area (Å²) in [4.78, 5) is 11.1. The molecule has 0 amide bonds. The maximum atomic E-state index is 11.1. The van der Waals surface area contributed by atoms with Crippen molar-refractivity contribution in [3.8, 4) is 17.2 Å². The number of hydrogen-bond acceptors (Lipinski definition) is 3. The fourth-order valence-electron chi connectivity index (χ4n) is 3.12. The van der Waals surface area contributed by atoms with Crippen LogP contribution in [0.2, 0.25) is 0 Å². The van der Waals surface area contributed by atoms with Crippen molar-refractivity contribution in [3.63, 3.8) is 0 Å². The summed E-state index contributed by atoms with van der Waals surface area (Å²) in [5.41, 5.74) is 3.23. The van der Waals surface area contributed by atoms with Gasteiger partial charge in [0.15, 0.2) is 0 Å². The molecule has 3 aromatic carbocycles. The lowest BCUT2D eigenvalue weighted by molar-refractivity contribution is 0.0697. The predicted molar refractivity (Wildman–Crippen MR) is 120 cm³/mol. The molecule has 0 radical (unpaired) electrons. The van der Waals surface area contributed by atoms with Crippen molar-refractivity contribution in [3.05, 3.63) is 87.6 Å². The number of fused-ring (bicyclic) bond motifs is 1. The van der Waals surface area contributed by atoms with Gasteiger partial charge >= 0.3 is 5.97 Å². The van der Waals surface area contributed by atoms with E-state index in [-0.39, 0.29) is 5.56 Å². The number of hydrogen-bond donors (Lipinski definition) is 1. The molecule has 0 saturated carbocycles. The van der Waals surface area contributed by atoms with E-state index in [1.54, 1.807) is 19.2 Å². The Hall–Kier alpha value is -3.00. The Morgan fingerprint density at radius 2 is 1.69 bits per heavy atom. The van der Waals surface area contributed by atoms with Crippen molar-refractivity contribution < 1.29 is 19.4 Å². The molecule has 1 aromatic heterocycles. The zero-order valence-corrected chi connectivity index (χ0v) is 17.8. The fraction of sp³-hybridized carbons (Fsp3) is 0.0870. The Morgan fingerprint density at radius 3 is 2.34 bits per heavy atom. The summed E-state index contributed by atoms with van der Waals surface area (Å²) in [5.74, 6) is 0.653. The van der Waals surface area contributed by atoms with Crippen LogP contribution in [0.3, 0.4) is 0 Å². The van der Waals surface area contributed by atoms with Gasteiger partial charge in [-0.15, -0.1) is 0 Å². The van der Waals surface area contributed by atoms with Crippen LogP contribution in [0.25, 0.3) is 16.6 Å². The molecule has 146 valence electrons. The first-order valence-corrected chi connectivity index (χ1v) is 10.0. The first-order valence-electron chi connectivity index (χ1n) is 8.95. The Morgan fingerprint density at radius 1 is 1.00 bits per heavy atom. The van der Waals surface area contributed by atoms with E-state index in [2.05, 4.69) is 22.6 Å². The van der Waals surface area contributed by atoms with Gasteiger partial charge in [0.1, 0.15) is 18.1 Å². The van der Waals surface area contributed by atoms with Gasteiger partial charge in [0.25, 0.3) is 0 Å². The standard InChI is InChI=1S/C23H18INO4/c1-28-18-8-2-15(3-9-18)14-29-19-10-11-20-21(24)13-25(22(20)12-19)17-6-4-16(5-7-17)23(26)27/h2-13H,14H2,1H3,(H,26,27). The summed E-state index contributed by atoms with van der Waals surface area (Å²) in [6.07, 6.45) is 2.04. The lowest BCUT2D eigenvalue weighted by Gasteiger charge is -2.10. The Balaban J connectivity index is 1.62. The van der Waals surface area contributed by atoms with Gasteiger partial charge in [-0.3, -0.25) is 0 Å². The van der Waals surface area contributed by atoms with Crippen LogP contribution in [0.15, 0.2) is 72.9 Å². The minimum atomic E-state index is -0.933. The monoisotopic (exact) mass is 499 g/mol. The fourth-order valence-corrected chi connectivity index (χ4v) is 3.86. The van der Waals surface area contributed by atoms with Gasteiger partial charge in [0, 0.05) is 26.9 Å². The molecule has 6 heteroatoms. The lowest BCUT2D eigenvalue weighted by Crippen LogP contribution is -1.98. The highest BCUT2D eigenvalue weighted by Gasteiger charge is 2.11. The number of aromatic nitrogens is 1. The predicted octanol–water partition coefficient (Wildman–Crippen LogP) is 5.52. The van der Waals surface area contributed by atoms with E-state index < -0.39 is 5.97 Å². The van der Waals surface area contributed by atoms with E-state index >= 15 is 0 Å². The molecule has 0 aliphatic carbocycles. The lowest BCUT2D eigenvalue weighted by atomic mass is 10.2. The Kier molecular flexibility index (Phi) is 5.44. The molecule has 5 nitrogen and oxygen atoms in total. The summed E-state index contributed by atoms with van der Waals surface area (Å²) < 4.78 is 14.3. The van der Waals surface area contributed by atoms with E-state index in [4.69, 9.17) is 14.6 Å². The van der Waals surface area contributed by atoms with Crippen molar-refractivity contribution in [1.29, 1.82) is 0 Å². The van der Waals surface area contributed by atoms with Crippen LogP contribution in [-0.2, 0) is 6.61 Å². The minimum Gasteiger partial charge on any atom is -0.497 e. The molecule has 1 N–H and O–H groups in total. The molecule has 0 aliphatic rings. The van der Waals surface area contributed by atoms with Crippen LogP contribution < -0.4 is 9.47 Å². The molecule has 0 bridgehead atoms. The van der Waals surface area contributed by atoms with Crippen LogP contribution in [0.5, 0.6) is 11.5 Å². The maximum absolute atomic E-state index is 11.1. The zero-order valence-electron chi connectivity index (χ0n) is 15.6. The number of nitrogens with zero attached hydrogens (tertiary/aromatic N) is 1. The Labute approximate surface area is 181 Å². The number of rotatable bonds is 6. The van der Waals surface area contributed by atoms with Crippen molar-refractivity contribution >= 4 is 39.5 Å². The SMILES string of the molecule is COc1ccc(COc2ccc3c(I)cn(-c4ccc(C(=O)O)cc4)c3c2)cc1. The van der Waals surface area contributed by atoms with Crippen molar-refractivity contribution in [2.45, 2.75) is 6.61 Å². The number of ether oxygens (including phenoxy) is 2. The minimum absolute atomic E-state index is 0.267. The zero-order chi connectivity index (χ0) is 20.4. The maximum Gasteiger partial charge on any atom is 0.335 e. The van der Waals surface area contributed by atoms with Crippen LogP contribution in [0.4, 0.5) is 0 Å². The number of halogens is 1. The molecule has 0 aliphatic heterocycles. The number of benzene rings is 3. The highest BCUT2D eigenvalue weighted by molar-refractivity contribution is 14.1. The van der Waals surface area contributed by atoms with E-state index in [0.29, 0.717) is 6.61 Å². The summed E-state index contributed by atoms with van der Waals surface area (Å²) in [7, 11) is 1.65. The molecule has 29 heavy (non-hydrogen) atoms. The normalized spacial score (nSPS) is 10.8. The van der Waals surface area contributed by atoms with Gasteiger partial charge in [0.2, 0.25) is 0 Å². The van der Waals surface area contributed by atoms with Gasteiger partial charge in [-0.1, -0.05) is 12.1 Å². The molecule has 4 aromatic rings. The van der Waals surface area contributed by atoms with Crippen molar-refractivity contribution in [2.24, 2.45) is 0 Å². The molecule has 0 atom stereocenters. The van der Waals surface area contributed by atoms with Crippen molar-refractivity contribution in [1.82, 2.24) is 4.57 Å². The molecular weight excluding hydrogens is 481 g/mol. The number of methoxy groups -OCH3 is 1. The largest absolute Gasteiger partial charge is 0.497 e. The molecule has 0 fully saturated rings. The van der Waals surface area contributed by atoms with E-state index in [9.17, 15) is 4.79 Å². The van der Waals surface area contributed by atoms with Crippen LogP contribution in [0.1, 0.15) is 15.9 Å². The van der Waals surface area contributed by atoms with Gasteiger partial charge in [-0.25, -0.2) is 4.79 Å². The van der Waals surface area contributed by atoms with Crippen LogP contribution in [-0.4, -0.2) is 22.8 Å². The third-order valence-corrected chi connectivity index (χ3v) is 5.55. The molecule has 0 saturated heterocycles. The summed E-state index contributed by atoms with van der Waals surface area (Å²) in [6, 6.07) is 20.6. The van der Waals surface area contributed by atoms with Crippen molar-refractivity contribution in [2.75, 3.05) is 7.11 Å². The first-order chi connectivity index (χ1) is 14.0. The van der Waals surface area contributed by atoms with Gasteiger partial charge < -0.3 is 19.1 Å². The molecule has 0 spiro atoms. The first kappa shape index (κ1) is 19.3. The average Bonchev–Trinajstić information content (AvgIpc) is 3.08. The number of carboxylic acids is 1. The third-order valence-electron chi connectivity index (χ3n) is 4.69. The van der Waals surface area contributed by atoms with E-state index in [0.717, 1.165) is 37.2 Å². The summed E-state index contributed by atoms with van der Waals surface area (Å²) in [6.45, 7) is 0.459. The third kappa shape index (κ3) is 4.07. The highest BCUT2D eigenvalue weighted by Crippen LogP contribution is 2.30. The van der Waals surface area contributed by atoms with Gasteiger partial charge in [-0.05, 0) is 76.7 Å². The molecule has 1 heterocycles. The van der Waals surface area contributed by atoms with E-state index in [1.807, 2.05) is 65.4 Å². The highest BCUT2D eigenvalue weighted by atomic mass is 127. The average molecular weight is 499 g/mol. The number of aromatic carboxylic acids is 1. The topological polar surface area (TPSA) is 60.7 Å². The summed E-state index contributed by atoms with van der Waals surface area (Å²) in [5, 5.41) is 10.2. The smallest absolute Gasteiger partial charge is 0.335 e. The second kappa shape index (κ2) is 8.16. The van der Waals surface area contributed by atoms with Gasteiger partial charge in [-0.2, -0.15) is 0 Å². The molecule has 4 rings (SSSR count). The number of carboxylic acid groups (broad SMARTS) is 1. The van der Waals surface area contributed by atoms with E-state index in [1.165, 1.54) is 0 Å². The summed E-state index contributed by atoms with van der Waals surface area (Å²) >= 11 is 2.30. The molecular formula is C23H18INO4. The second-order valence-electron chi connectivity index (χ2n) is 6.51. The second-order valence-corrected chi connectivity index (χ2v) is 7.68.